The fourth-order valence-electron chi connectivity index (χ4n) is 2.95. The van der Waals surface area contributed by atoms with E-state index in [0.717, 1.165) is 22.4 Å². The standard InChI is InChI=1S/C21H16N4O3/c1-13-6-7-15(12-19(13)25(27)28)21(26)22-16-10-8-14(9-11-16)20-23-17-4-2-3-5-18(17)24-20/h2-12H,1H3,(H,22,26)(H,23,24). The topological polar surface area (TPSA) is 101 Å². The van der Waals surface area contributed by atoms with Crippen molar-refractivity contribution >= 4 is 28.3 Å². The Labute approximate surface area is 160 Å². The quantitative estimate of drug-likeness (QED) is 0.400. The molecule has 4 rings (SSSR count). The van der Waals surface area contributed by atoms with E-state index in [1.54, 1.807) is 31.2 Å². The van der Waals surface area contributed by atoms with Gasteiger partial charge in [-0.15, -0.1) is 0 Å². The normalized spacial score (nSPS) is 10.8. The summed E-state index contributed by atoms with van der Waals surface area (Å²) < 4.78 is 0. The molecule has 0 aliphatic carbocycles. The lowest BCUT2D eigenvalue weighted by molar-refractivity contribution is -0.385. The zero-order chi connectivity index (χ0) is 19.7. The molecule has 0 atom stereocenters. The smallest absolute Gasteiger partial charge is 0.273 e. The molecule has 0 spiro atoms. The zero-order valence-corrected chi connectivity index (χ0v) is 15.0. The van der Waals surface area contributed by atoms with Gasteiger partial charge < -0.3 is 10.3 Å². The fourth-order valence-corrected chi connectivity index (χ4v) is 2.95. The molecule has 2 N–H and O–H groups in total. The summed E-state index contributed by atoms with van der Waals surface area (Å²) in [5.41, 5.74) is 3.99. The van der Waals surface area contributed by atoms with Gasteiger partial charge in [0.05, 0.1) is 16.0 Å². The number of H-pyrrole nitrogens is 1. The van der Waals surface area contributed by atoms with Crippen LogP contribution in [0.5, 0.6) is 0 Å². The molecule has 0 saturated heterocycles. The molecule has 0 aliphatic heterocycles. The van der Waals surface area contributed by atoms with E-state index < -0.39 is 10.8 Å². The molecule has 0 aliphatic rings. The van der Waals surface area contributed by atoms with E-state index in [0.29, 0.717) is 11.3 Å². The van der Waals surface area contributed by atoms with Crippen molar-refractivity contribution in [3.05, 3.63) is 88.0 Å². The molecule has 7 nitrogen and oxygen atoms in total. The van der Waals surface area contributed by atoms with Crippen molar-refractivity contribution in [2.75, 3.05) is 5.32 Å². The monoisotopic (exact) mass is 372 g/mol. The maximum atomic E-state index is 12.4. The molecule has 28 heavy (non-hydrogen) atoms. The maximum Gasteiger partial charge on any atom is 0.273 e. The minimum Gasteiger partial charge on any atom is -0.338 e. The van der Waals surface area contributed by atoms with Crippen LogP contribution >= 0.6 is 0 Å². The Bertz CT molecular complexity index is 1160. The van der Waals surface area contributed by atoms with E-state index in [9.17, 15) is 14.9 Å². The summed E-state index contributed by atoms with van der Waals surface area (Å²) in [7, 11) is 0. The Morgan fingerprint density at radius 3 is 2.54 bits per heavy atom. The Morgan fingerprint density at radius 1 is 1.07 bits per heavy atom. The molecule has 7 heteroatoms. The summed E-state index contributed by atoms with van der Waals surface area (Å²) >= 11 is 0. The van der Waals surface area contributed by atoms with Crippen molar-refractivity contribution < 1.29 is 9.72 Å². The largest absolute Gasteiger partial charge is 0.338 e. The van der Waals surface area contributed by atoms with Crippen LogP contribution in [0.1, 0.15) is 15.9 Å². The molecule has 0 bridgehead atoms. The van der Waals surface area contributed by atoms with Crippen LogP contribution in [0.25, 0.3) is 22.4 Å². The van der Waals surface area contributed by atoms with Gasteiger partial charge in [0.25, 0.3) is 11.6 Å². The van der Waals surface area contributed by atoms with Gasteiger partial charge in [-0.2, -0.15) is 0 Å². The number of aryl methyl sites for hydroxylation is 1. The molecule has 0 saturated carbocycles. The number of carbonyl (C=O) groups excluding carboxylic acids is 1. The summed E-state index contributed by atoms with van der Waals surface area (Å²) in [6.07, 6.45) is 0. The molecule has 0 unspecified atom stereocenters. The first-order valence-corrected chi connectivity index (χ1v) is 8.63. The lowest BCUT2D eigenvalue weighted by Gasteiger charge is -2.07. The number of amides is 1. The molecule has 0 radical (unpaired) electrons. The second-order valence-electron chi connectivity index (χ2n) is 6.39. The number of benzene rings is 3. The van der Waals surface area contributed by atoms with Gasteiger partial charge >= 0.3 is 0 Å². The predicted octanol–water partition coefficient (Wildman–Crippen LogP) is 4.70. The van der Waals surface area contributed by atoms with Gasteiger partial charge in [0.2, 0.25) is 0 Å². The van der Waals surface area contributed by atoms with Crippen molar-refractivity contribution in [1.29, 1.82) is 0 Å². The number of fused-ring (bicyclic) bond motifs is 1. The number of anilines is 1. The third-order valence-corrected chi connectivity index (χ3v) is 4.47. The molecule has 1 amide bonds. The Balaban J connectivity index is 1.54. The SMILES string of the molecule is Cc1ccc(C(=O)Nc2ccc(-c3nc4ccccc4[nH]3)cc2)cc1[N+](=O)[O-]. The molecule has 3 aromatic carbocycles. The van der Waals surface area contributed by atoms with Gasteiger partial charge in [0.1, 0.15) is 5.82 Å². The Hall–Kier alpha value is -4.00. The van der Waals surface area contributed by atoms with Crippen LogP contribution in [0.3, 0.4) is 0 Å². The minimum absolute atomic E-state index is 0.0760. The zero-order valence-electron chi connectivity index (χ0n) is 15.0. The first kappa shape index (κ1) is 17.4. The highest BCUT2D eigenvalue weighted by Gasteiger charge is 2.15. The average molecular weight is 372 g/mol. The number of nitrogens with one attached hydrogen (secondary N) is 2. The minimum atomic E-state index is -0.492. The highest BCUT2D eigenvalue weighted by Crippen LogP contribution is 2.23. The first-order chi connectivity index (χ1) is 13.5. The number of nitrogens with zero attached hydrogens (tertiary/aromatic N) is 2. The number of aromatic amines is 1. The molecule has 1 aromatic heterocycles. The summed E-state index contributed by atoms with van der Waals surface area (Å²) in [4.78, 5) is 30.8. The number of rotatable bonds is 4. The van der Waals surface area contributed by atoms with Gasteiger partial charge in [-0.25, -0.2) is 4.98 Å². The lowest BCUT2D eigenvalue weighted by atomic mass is 10.1. The van der Waals surface area contributed by atoms with Crippen molar-refractivity contribution in [2.45, 2.75) is 6.92 Å². The number of nitro benzene ring substituents is 1. The summed E-state index contributed by atoms with van der Waals surface area (Å²) in [5.74, 6) is 0.341. The van der Waals surface area contributed by atoms with Gasteiger partial charge in [-0.05, 0) is 49.4 Å². The predicted molar refractivity (Wildman–Crippen MR) is 107 cm³/mol. The van der Waals surface area contributed by atoms with Gasteiger partial charge in [-0.1, -0.05) is 18.2 Å². The Kier molecular flexibility index (Phi) is 4.33. The van der Waals surface area contributed by atoms with Gasteiger partial charge in [0, 0.05) is 28.4 Å². The van der Waals surface area contributed by atoms with E-state index in [-0.39, 0.29) is 11.3 Å². The van der Waals surface area contributed by atoms with E-state index in [4.69, 9.17) is 0 Å². The molecule has 4 aromatic rings. The number of imidazole rings is 1. The number of hydrogen-bond acceptors (Lipinski definition) is 4. The van der Waals surface area contributed by atoms with E-state index in [2.05, 4.69) is 15.3 Å². The van der Waals surface area contributed by atoms with Gasteiger partial charge in [-0.3, -0.25) is 14.9 Å². The maximum absolute atomic E-state index is 12.4. The highest BCUT2D eigenvalue weighted by molar-refractivity contribution is 6.04. The molecule has 1 heterocycles. The van der Waals surface area contributed by atoms with Crippen LogP contribution in [-0.2, 0) is 0 Å². The van der Waals surface area contributed by atoms with E-state index in [1.807, 2.05) is 36.4 Å². The van der Waals surface area contributed by atoms with Gasteiger partial charge in [0.15, 0.2) is 0 Å². The van der Waals surface area contributed by atoms with E-state index >= 15 is 0 Å². The molecular formula is C21H16N4O3. The van der Waals surface area contributed by atoms with E-state index in [1.165, 1.54) is 6.07 Å². The third-order valence-electron chi connectivity index (χ3n) is 4.47. The van der Waals surface area contributed by atoms with Crippen LogP contribution in [0.4, 0.5) is 11.4 Å². The average Bonchev–Trinajstić information content (AvgIpc) is 3.13. The van der Waals surface area contributed by atoms with Crippen LogP contribution in [0.2, 0.25) is 0 Å². The van der Waals surface area contributed by atoms with Crippen LogP contribution in [0.15, 0.2) is 66.7 Å². The fraction of sp³-hybridized carbons (Fsp3) is 0.0476. The second-order valence-corrected chi connectivity index (χ2v) is 6.39. The number of hydrogen-bond donors (Lipinski definition) is 2. The summed E-state index contributed by atoms with van der Waals surface area (Å²) in [6, 6.07) is 19.4. The third kappa shape index (κ3) is 3.33. The Morgan fingerprint density at radius 2 is 1.82 bits per heavy atom. The molecule has 0 fully saturated rings. The number of carbonyl (C=O) groups is 1. The van der Waals surface area contributed by atoms with Crippen molar-refractivity contribution in [1.82, 2.24) is 9.97 Å². The number of nitro groups is 1. The summed E-state index contributed by atoms with van der Waals surface area (Å²) in [6.45, 7) is 1.64. The van der Waals surface area contributed by atoms with Crippen molar-refractivity contribution in [2.24, 2.45) is 0 Å². The highest BCUT2D eigenvalue weighted by atomic mass is 16.6. The second kappa shape index (κ2) is 6.96. The first-order valence-electron chi connectivity index (χ1n) is 8.63. The molecular weight excluding hydrogens is 356 g/mol. The van der Waals surface area contributed by atoms with Crippen LogP contribution in [-0.4, -0.2) is 20.8 Å². The van der Waals surface area contributed by atoms with Crippen LogP contribution in [0, 0.1) is 17.0 Å². The van der Waals surface area contributed by atoms with Crippen LogP contribution < -0.4 is 5.32 Å². The van der Waals surface area contributed by atoms with Crippen molar-refractivity contribution in [3.63, 3.8) is 0 Å². The number of aromatic nitrogens is 2. The lowest BCUT2D eigenvalue weighted by Crippen LogP contribution is -2.12. The summed E-state index contributed by atoms with van der Waals surface area (Å²) in [5, 5.41) is 13.8. The van der Waals surface area contributed by atoms with Crippen molar-refractivity contribution in [3.8, 4) is 11.4 Å². The number of para-hydroxylation sites is 2. The molecule has 138 valence electrons.